The number of anilines is 1. The van der Waals surface area contributed by atoms with Crippen molar-refractivity contribution in [2.75, 3.05) is 37.7 Å². The van der Waals surface area contributed by atoms with Gasteiger partial charge in [0.1, 0.15) is 6.10 Å². The van der Waals surface area contributed by atoms with E-state index in [4.69, 9.17) is 14.2 Å². The number of nitrogens with zero attached hydrogens (tertiary/aromatic N) is 2. The SMILES string of the molecule is CC(C)CN(C[C@H](O)[C@H](Cc1ccccc1)NC(=O)O[C@H]1CCOC1)C(=O)C1CN(c2ccccc2)C(=O)O1. The molecular weight excluding hydrogens is 502 g/mol. The van der Waals surface area contributed by atoms with Crippen molar-refractivity contribution in [3.05, 3.63) is 66.2 Å². The number of nitrogens with one attached hydrogen (secondary N) is 1. The number of hydrogen-bond donors (Lipinski definition) is 2. The first-order chi connectivity index (χ1) is 18.8. The van der Waals surface area contributed by atoms with E-state index in [0.29, 0.717) is 38.3 Å². The smallest absolute Gasteiger partial charge is 0.415 e. The van der Waals surface area contributed by atoms with Gasteiger partial charge in [-0.3, -0.25) is 9.69 Å². The van der Waals surface area contributed by atoms with Crippen LogP contribution in [0.3, 0.4) is 0 Å². The van der Waals surface area contributed by atoms with Crippen LogP contribution in [0.15, 0.2) is 60.7 Å². The van der Waals surface area contributed by atoms with E-state index >= 15 is 0 Å². The summed E-state index contributed by atoms with van der Waals surface area (Å²) in [6.45, 7) is 5.17. The number of benzene rings is 2. The van der Waals surface area contributed by atoms with E-state index in [-0.39, 0.29) is 25.1 Å². The summed E-state index contributed by atoms with van der Waals surface area (Å²) in [5.41, 5.74) is 1.56. The lowest BCUT2D eigenvalue weighted by molar-refractivity contribution is -0.140. The molecule has 10 heteroatoms. The molecule has 2 heterocycles. The zero-order valence-corrected chi connectivity index (χ0v) is 22.4. The highest BCUT2D eigenvalue weighted by molar-refractivity contribution is 5.95. The van der Waals surface area contributed by atoms with Crippen molar-refractivity contribution >= 4 is 23.8 Å². The Morgan fingerprint density at radius 2 is 1.79 bits per heavy atom. The van der Waals surface area contributed by atoms with Gasteiger partial charge in [0.15, 0.2) is 6.10 Å². The summed E-state index contributed by atoms with van der Waals surface area (Å²) in [5.74, 6) is -0.296. The summed E-state index contributed by atoms with van der Waals surface area (Å²) in [5, 5.41) is 14.1. The first kappa shape index (κ1) is 28.4. The lowest BCUT2D eigenvalue weighted by Crippen LogP contribution is -2.53. The van der Waals surface area contributed by atoms with E-state index in [1.165, 1.54) is 9.80 Å². The van der Waals surface area contributed by atoms with Gasteiger partial charge in [-0.1, -0.05) is 62.4 Å². The van der Waals surface area contributed by atoms with Gasteiger partial charge in [-0.2, -0.15) is 0 Å². The van der Waals surface area contributed by atoms with Crippen LogP contribution in [-0.4, -0.2) is 85.3 Å². The lowest BCUT2D eigenvalue weighted by Gasteiger charge is -2.32. The molecule has 2 aromatic carbocycles. The minimum atomic E-state index is -1.11. The van der Waals surface area contributed by atoms with Crippen molar-refractivity contribution in [2.24, 2.45) is 5.92 Å². The molecule has 2 aliphatic heterocycles. The fraction of sp³-hybridized carbons (Fsp3) is 0.483. The number of carbonyl (C=O) groups is 3. The summed E-state index contributed by atoms with van der Waals surface area (Å²) in [7, 11) is 0. The lowest BCUT2D eigenvalue weighted by atomic mass is 10.0. The van der Waals surface area contributed by atoms with Gasteiger partial charge in [-0.25, -0.2) is 9.59 Å². The molecule has 2 fully saturated rings. The van der Waals surface area contributed by atoms with E-state index in [9.17, 15) is 19.5 Å². The Morgan fingerprint density at radius 3 is 2.44 bits per heavy atom. The van der Waals surface area contributed by atoms with E-state index in [0.717, 1.165) is 5.56 Å². The third-order valence-electron chi connectivity index (χ3n) is 6.69. The number of rotatable bonds is 11. The van der Waals surface area contributed by atoms with Crippen molar-refractivity contribution in [3.8, 4) is 0 Å². The monoisotopic (exact) mass is 539 g/mol. The number of carbonyl (C=O) groups excluding carboxylic acids is 3. The minimum Gasteiger partial charge on any atom is -0.444 e. The Bertz CT molecular complexity index is 1090. The molecule has 4 atom stereocenters. The zero-order valence-electron chi connectivity index (χ0n) is 22.4. The molecule has 2 N–H and O–H groups in total. The molecular formula is C29H37N3O7. The van der Waals surface area contributed by atoms with Crippen LogP contribution in [0.25, 0.3) is 0 Å². The molecule has 2 saturated heterocycles. The molecule has 210 valence electrons. The van der Waals surface area contributed by atoms with Crippen molar-refractivity contribution in [2.45, 2.75) is 51.0 Å². The summed E-state index contributed by atoms with van der Waals surface area (Å²) in [6.07, 6.45) is -2.72. The highest BCUT2D eigenvalue weighted by Crippen LogP contribution is 2.23. The highest BCUT2D eigenvalue weighted by atomic mass is 16.6. The van der Waals surface area contributed by atoms with Crippen LogP contribution >= 0.6 is 0 Å². The van der Waals surface area contributed by atoms with Crippen molar-refractivity contribution in [3.63, 3.8) is 0 Å². The topological polar surface area (TPSA) is 118 Å². The van der Waals surface area contributed by atoms with Gasteiger partial charge in [-0.15, -0.1) is 0 Å². The quantitative estimate of drug-likeness (QED) is 0.451. The summed E-state index contributed by atoms with van der Waals surface area (Å²) < 4.78 is 16.2. The number of hydrogen-bond acceptors (Lipinski definition) is 7. The third-order valence-corrected chi connectivity index (χ3v) is 6.69. The van der Waals surface area contributed by atoms with Crippen LogP contribution in [0.2, 0.25) is 0 Å². The number of para-hydroxylation sites is 1. The second kappa shape index (κ2) is 13.4. The van der Waals surface area contributed by atoms with E-state index in [1.54, 1.807) is 12.1 Å². The van der Waals surface area contributed by atoms with Crippen molar-refractivity contribution in [1.82, 2.24) is 10.2 Å². The Morgan fingerprint density at radius 1 is 1.10 bits per heavy atom. The summed E-state index contributed by atoms with van der Waals surface area (Å²) >= 11 is 0. The Balaban J connectivity index is 1.46. The molecule has 0 aromatic heterocycles. The zero-order chi connectivity index (χ0) is 27.8. The molecule has 1 unspecified atom stereocenters. The van der Waals surface area contributed by atoms with Gasteiger partial charge in [0.05, 0.1) is 31.9 Å². The maximum Gasteiger partial charge on any atom is 0.415 e. The second-order valence-electron chi connectivity index (χ2n) is 10.4. The van der Waals surface area contributed by atoms with E-state index in [2.05, 4.69) is 5.32 Å². The first-order valence-electron chi connectivity index (χ1n) is 13.4. The number of aliphatic hydroxyl groups is 1. The molecule has 0 radical (unpaired) electrons. The molecule has 39 heavy (non-hydrogen) atoms. The maximum absolute atomic E-state index is 13.6. The molecule has 3 amide bonds. The van der Waals surface area contributed by atoms with Crippen LogP contribution in [-0.2, 0) is 25.4 Å². The molecule has 0 saturated carbocycles. The number of amides is 3. The predicted molar refractivity (Wildman–Crippen MR) is 144 cm³/mol. The minimum absolute atomic E-state index is 0.0548. The van der Waals surface area contributed by atoms with Crippen LogP contribution in [0, 0.1) is 5.92 Å². The Kier molecular flexibility index (Phi) is 9.78. The van der Waals surface area contributed by atoms with Crippen LogP contribution < -0.4 is 10.2 Å². The average Bonchev–Trinajstić information content (AvgIpc) is 3.57. The molecule has 0 spiro atoms. The summed E-state index contributed by atoms with van der Waals surface area (Å²) in [6, 6.07) is 17.8. The van der Waals surface area contributed by atoms with Crippen LogP contribution in [0.5, 0.6) is 0 Å². The standard InChI is InChI=1S/C29H37N3O7/c1-20(2)16-31(27(34)26-18-32(29(36)39-26)22-11-7-4-8-12-22)17-25(33)24(15-21-9-5-3-6-10-21)30-28(35)38-23-13-14-37-19-23/h3-12,20,23-26,33H,13-19H2,1-2H3,(H,30,35)/t23-,24-,25-,26?/m0/s1. The molecule has 0 bridgehead atoms. The van der Waals surface area contributed by atoms with Crippen molar-refractivity contribution in [1.29, 1.82) is 0 Å². The predicted octanol–water partition coefficient (Wildman–Crippen LogP) is 2.98. The molecule has 2 aliphatic rings. The van der Waals surface area contributed by atoms with Gasteiger partial charge in [0.2, 0.25) is 0 Å². The fourth-order valence-corrected chi connectivity index (χ4v) is 4.76. The molecule has 4 rings (SSSR count). The van der Waals surface area contributed by atoms with Crippen LogP contribution in [0.4, 0.5) is 15.3 Å². The number of alkyl carbamates (subject to hydrolysis) is 1. The number of ether oxygens (including phenoxy) is 3. The first-order valence-corrected chi connectivity index (χ1v) is 13.4. The molecule has 0 aliphatic carbocycles. The van der Waals surface area contributed by atoms with Gasteiger partial charge in [-0.05, 0) is 30.0 Å². The highest BCUT2D eigenvalue weighted by Gasteiger charge is 2.40. The Hall–Kier alpha value is -3.63. The second-order valence-corrected chi connectivity index (χ2v) is 10.4. The Labute approximate surface area is 228 Å². The largest absolute Gasteiger partial charge is 0.444 e. The van der Waals surface area contributed by atoms with E-state index in [1.807, 2.05) is 62.4 Å². The number of aliphatic hydroxyl groups excluding tert-OH is 1. The van der Waals surface area contributed by atoms with Crippen LogP contribution in [0.1, 0.15) is 25.8 Å². The third kappa shape index (κ3) is 7.93. The summed E-state index contributed by atoms with van der Waals surface area (Å²) in [4.78, 5) is 41.7. The van der Waals surface area contributed by atoms with Gasteiger partial charge >= 0.3 is 12.2 Å². The van der Waals surface area contributed by atoms with E-state index < -0.39 is 36.3 Å². The van der Waals surface area contributed by atoms with Gasteiger partial charge in [0.25, 0.3) is 5.91 Å². The average molecular weight is 540 g/mol. The normalized spacial score (nSPS) is 20.4. The molecule has 2 aromatic rings. The van der Waals surface area contributed by atoms with Gasteiger partial charge < -0.3 is 29.5 Å². The van der Waals surface area contributed by atoms with Gasteiger partial charge in [0, 0.05) is 25.2 Å². The number of cyclic esters (lactones) is 1. The fourth-order valence-electron chi connectivity index (χ4n) is 4.76. The molecule has 10 nitrogen and oxygen atoms in total. The van der Waals surface area contributed by atoms with Crippen molar-refractivity contribution < 1.29 is 33.7 Å². The maximum atomic E-state index is 13.6.